The number of unbranched alkanes of at least 4 members (excludes halogenated alkanes) is 8. The average Bonchev–Trinajstić information content (AvgIpc) is 3.05. The molecule has 8 nitrogen and oxygen atoms in total. The molecule has 4 amide bonds. The molecule has 0 aliphatic rings. The monoisotopic (exact) mass is 651 g/mol. The Kier molecular flexibility index (Phi) is 22.1. The molecule has 0 fully saturated rings. The van der Waals surface area contributed by atoms with Gasteiger partial charge in [-0.15, -0.1) is 0 Å². The van der Waals surface area contributed by atoms with E-state index in [4.69, 9.17) is 0 Å². The summed E-state index contributed by atoms with van der Waals surface area (Å²) in [5.41, 5.74) is 3.73. The van der Waals surface area contributed by atoms with Crippen molar-refractivity contribution >= 4 is 23.4 Å². The Bertz CT molecular complexity index is 1000. The summed E-state index contributed by atoms with van der Waals surface area (Å²) in [4.78, 5) is 30.3. The van der Waals surface area contributed by atoms with Gasteiger partial charge in [-0.1, -0.05) is 103 Å². The van der Waals surface area contributed by atoms with Crippen LogP contribution in [0.25, 0.3) is 0 Å². The molecule has 0 atom stereocenters. The Morgan fingerprint density at radius 1 is 0.511 bits per heavy atom. The number of hydrogen-bond donors (Lipinski definition) is 4. The first kappa shape index (κ1) is 40.1. The zero-order valence-corrected chi connectivity index (χ0v) is 30.2. The molecule has 0 radical (unpaired) electrons. The molecule has 2 aromatic carbocycles. The number of carbonyl (C=O) groups is 2. The summed E-state index contributed by atoms with van der Waals surface area (Å²) in [6.07, 6.45) is 15.4. The third-order valence-electron chi connectivity index (χ3n) is 8.52. The molecule has 264 valence electrons. The van der Waals surface area contributed by atoms with Crippen molar-refractivity contribution in [2.24, 2.45) is 0 Å². The highest BCUT2D eigenvalue weighted by Gasteiger charge is 2.09. The standard InChI is InChI=1S/C39H66N6O2/c1-5-9-13-25-44(26-14-10-6-2)29-23-40-38(46)42-36-21-17-19-34(32-36)31-35-20-18-22-37(33-35)43-39(47)41-24-30-45(27-15-11-7-3)28-16-12-8-4/h17-22,32-33H,5-16,23-31H2,1-4H3,(H2,40,42,46)(H2,41,43,47). The molecule has 4 N–H and O–H groups in total. The van der Waals surface area contributed by atoms with Gasteiger partial charge in [0.05, 0.1) is 0 Å². The highest BCUT2D eigenvalue weighted by molar-refractivity contribution is 5.90. The third kappa shape index (κ3) is 19.3. The van der Waals surface area contributed by atoms with Gasteiger partial charge in [-0.3, -0.25) is 0 Å². The van der Waals surface area contributed by atoms with Crippen LogP contribution in [0.3, 0.4) is 0 Å². The van der Waals surface area contributed by atoms with E-state index >= 15 is 0 Å². The average molecular weight is 651 g/mol. The summed E-state index contributed by atoms with van der Waals surface area (Å²) in [5, 5.41) is 12.1. The van der Waals surface area contributed by atoms with Crippen molar-refractivity contribution in [3.8, 4) is 0 Å². The Morgan fingerprint density at radius 3 is 1.21 bits per heavy atom. The largest absolute Gasteiger partial charge is 0.337 e. The summed E-state index contributed by atoms with van der Waals surface area (Å²) in [6, 6.07) is 15.6. The van der Waals surface area contributed by atoms with Crippen molar-refractivity contribution in [3.05, 3.63) is 59.7 Å². The zero-order valence-electron chi connectivity index (χ0n) is 30.2. The number of nitrogens with zero attached hydrogens (tertiary/aromatic N) is 2. The molecule has 2 aromatic rings. The molecule has 0 heterocycles. The third-order valence-corrected chi connectivity index (χ3v) is 8.52. The van der Waals surface area contributed by atoms with Crippen LogP contribution in [0.4, 0.5) is 21.0 Å². The van der Waals surface area contributed by atoms with E-state index < -0.39 is 0 Å². The second-order valence-electron chi connectivity index (χ2n) is 12.9. The lowest BCUT2D eigenvalue weighted by molar-refractivity contribution is 0.241. The number of carbonyl (C=O) groups excluding carboxylic acids is 2. The number of urea groups is 2. The maximum atomic E-state index is 12.7. The van der Waals surface area contributed by atoms with Crippen LogP contribution in [0.1, 0.15) is 116 Å². The second kappa shape index (κ2) is 25.9. The summed E-state index contributed by atoms with van der Waals surface area (Å²) in [5.74, 6) is 0. The van der Waals surface area contributed by atoms with Crippen LogP contribution in [0.15, 0.2) is 48.5 Å². The highest BCUT2D eigenvalue weighted by atomic mass is 16.2. The first-order valence-electron chi connectivity index (χ1n) is 18.7. The molecule has 0 spiro atoms. The number of anilines is 2. The van der Waals surface area contributed by atoms with Crippen molar-refractivity contribution in [2.45, 2.75) is 111 Å². The van der Waals surface area contributed by atoms with Gasteiger partial charge in [0.2, 0.25) is 0 Å². The van der Waals surface area contributed by atoms with E-state index in [1.165, 1.54) is 77.0 Å². The number of hydrogen-bond acceptors (Lipinski definition) is 4. The number of nitrogens with one attached hydrogen (secondary N) is 4. The summed E-state index contributed by atoms with van der Waals surface area (Å²) in [7, 11) is 0. The molecule has 2 rings (SSSR count). The molecule has 0 aromatic heterocycles. The zero-order chi connectivity index (χ0) is 34.0. The predicted molar refractivity (Wildman–Crippen MR) is 201 cm³/mol. The van der Waals surface area contributed by atoms with E-state index in [0.29, 0.717) is 19.5 Å². The smallest absolute Gasteiger partial charge is 0.319 e. The molecule has 47 heavy (non-hydrogen) atoms. The molecule has 0 aliphatic carbocycles. The van der Waals surface area contributed by atoms with Crippen LogP contribution in [0, 0.1) is 0 Å². The molecular weight excluding hydrogens is 584 g/mol. The number of rotatable bonds is 26. The van der Waals surface area contributed by atoms with Crippen LogP contribution < -0.4 is 21.3 Å². The molecular formula is C39H66N6O2. The lowest BCUT2D eigenvalue weighted by Gasteiger charge is -2.22. The molecule has 0 aliphatic heterocycles. The maximum Gasteiger partial charge on any atom is 0.319 e. The summed E-state index contributed by atoms with van der Waals surface area (Å²) < 4.78 is 0. The van der Waals surface area contributed by atoms with E-state index in [-0.39, 0.29) is 12.1 Å². The van der Waals surface area contributed by atoms with Gasteiger partial charge in [0.25, 0.3) is 0 Å². The maximum absolute atomic E-state index is 12.7. The van der Waals surface area contributed by atoms with Crippen LogP contribution in [-0.4, -0.2) is 74.2 Å². The van der Waals surface area contributed by atoms with Gasteiger partial charge in [-0.05, 0) is 93.7 Å². The van der Waals surface area contributed by atoms with Gasteiger partial charge in [0, 0.05) is 37.6 Å². The van der Waals surface area contributed by atoms with Crippen LogP contribution in [0.2, 0.25) is 0 Å². The molecule has 8 heteroatoms. The van der Waals surface area contributed by atoms with Crippen molar-refractivity contribution in [3.63, 3.8) is 0 Å². The molecule has 0 saturated heterocycles. The van der Waals surface area contributed by atoms with Gasteiger partial charge in [-0.25, -0.2) is 9.59 Å². The minimum Gasteiger partial charge on any atom is -0.337 e. The Hall–Kier alpha value is -3.10. The first-order valence-corrected chi connectivity index (χ1v) is 18.7. The lowest BCUT2D eigenvalue weighted by Crippen LogP contribution is -2.37. The fraction of sp³-hybridized carbons (Fsp3) is 0.641. The normalized spacial score (nSPS) is 11.2. The molecule has 0 bridgehead atoms. The van der Waals surface area contributed by atoms with Gasteiger partial charge >= 0.3 is 12.1 Å². The van der Waals surface area contributed by atoms with Gasteiger partial charge in [0.1, 0.15) is 0 Å². The SMILES string of the molecule is CCCCCN(CCCCC)CCNC(=O)Nc1cccc(Cc2cccc(NC(=O)NCCN(CCCCC)CCCCC)c2)c1. The Morgan fingerprint density at radius 2 is 0.872 bits per heavy atom. The van der Waals surface area contributed by atoms with Gasteiger partial charge in [-0.2, -0.15) is 0 Å². The van der Waals surface area contributed by atoms with E-state index in [1.54, 1.807) is 0 Å². The van der Waals surface area contributed by atoms with E-state index in [0.717, 1.165) is 61.8 Å². The first-order chi connectivity index (χ1) is 23.0. The summed E-state index contributed by atoms with van der Waals surface area (Å²) >= 11 is 0. The minimum absolute atomic E-state index is 0.175. The Balaban J connectivity index is 1.81. The van der Waals surface area contributed by atoms with Gasteiger partial charge < -0.3 is 31.1 Å². The molecule has 0 unspecified atom stereocenters. The Labute approximate surface area is 286 Å². The van der Waals surface area contributed by atoms with Crippen molar-refractivity contribution < 1.29 is 9.59 Å². The topological polar surface area (TPSA) is 88.7 Å². The van der Waals surface area contributed by atoms with Gasteiger partial charge in [0.15, 0.2) is 0 Å². The fourth-order valence-corrected chi connectivity index (χ4v) is 5.77. The van der Waals surface area contributed by atoms with Crippen LogP contribution >= 0.6 is 0 Å². The summed E-state index contributed by atoms with van der Waals surface area (Å²) in [6.45, 7) is 16.3. The van der Waals surface area contributed by atoms with Crippen molar-refractivity contribution in [1.82, 2.24) is 20.4 Å². The van der Waals surface area contributed by atoms with Crippen LogP contribution in [-0.2, 0) is 6.42 Å². The quantitative estimate of drug-likeness (QED) is 0.0766. The fourth-order valence-electron chi connectivity index (χ4n) is 5.77. The van der Waals surface area contributed by atoms with Crippen molar-refractivity contribution in [1.29, 1.82) is 0 Å². The lowest BCUT2D eigenvalue weighted by atomic mass is 10.0. The number of amides is 4. The second-order valence-corrected chi connectivity index (χ2v) is 12.9. The molecule has 0 saturated carbocycles. The van der Waals surface area contributed by atoms with E-state index in [1.807, 2.05) is 36.4 Å². The highest BCUT2D eigenvalue weighted by Crippen LogP contribution is 2.18. The van der Waals surface area contributed by atoms with E-state index in [2.05, 4.69) is 70.9 Å². The van der Waals surface area contributed by atoms with Crippen LogP contribution in [0.5, 0.6) is 0 Å². The minimum atomic E-state index is -0.175. The van der Waals surface area contributed by atoms with Crippen molar-refractivity contribution in [2.75, 3.05) is 63.0 Å². The van der Waals surface area contributed by atoms with E-state index in [9.17, 15) is 9.59 Å². The predicted octanol–water partition coefficient (Wildman–Crippen LogP) is 8.89. The number of benzene rings is 2.